The lowest BCUT2D eigenvalue weighted by Gasteiger charge is -2.48. The summed E-state index contributed by atoms with van der Waals surface area (Å²) in [5.74, 6) is -0.678. The van der Waals surface area contributed by atoms with Gasteiger partial charge in [0, 0.05) is 25.6 Å². The summed E-state index contributed by atoms with van der Waals surface area (Å²) in [6.45, 7) is 1.56. The highest BCUT2D eigenvalue weighted by Gasteiger charge is 2.48. The van der Waals surface area contributed by atoms with Crippen molar-refractivity contribution < 1.29 is 19.5 Å². The Morgan fingerprint density at radius 1 is 1.29 bits per heavy atom. The Labute approximate surface area is 139 Å². The number of nitrogens with two attached hydrogens (primary N) is 1. The Morgan fingerprint density at radius 2 is 1.96 bits per heavy atom. The predicted molar refractivity (Wildman–Crippen MR) is 85.1 cm³/mol. The molecule has 1 saturated carbocycles. The fourth-order valence-electron chi connectivity index (χ4n) is 3.25. The zero-order valence-electron chi connectivity index (χ0n) is 13.4. The summed E-state index contributed by atoms with van der Waals surface area (Å²) < 4.78 is 0. The van der Waals surface area contributed by atoms with Crippen LogP contribution in [0.1, 0.15) is 40.2 Å². The van der Waals surface area contributed by atoms with E-state index in [1.165, 1.54) is 12.1 Å². The summed E-state index contributed by atoms with van der Waals surface area (Å²) in [6, 6.07) is 2.97. The van der Waals surface area contributed by atoms with Crippen molar-refractivity contribution in [1.29, 1.82) is 0 Å². The second-order valence-corrected chi connectivity index (χ2v) is 6.73. The SMILES string of the molecule is NC(=O)c1ccc(C(=O)NCC2CN(C(=O)C3(CO)CCC3)C2)[nH]1. The van der Waals surface area contributed by atoms with Gasteiger partial charge in [0.15, 0.2) is 0 Å². The lowest BCUT2D eigenvalue weighted by molar-refractivity contribution is -0.157. The Kier molecular flexibility index (Phi) is 4.31. The number of hydrogen-bond donors (Lipinski definition) is 4. The number of nitrogens with one attached hydrogen (secondary N) is 2. The second-order valence-electron chi connectivity index (χ2n) is 6.73. The minimum atomic E-state index is -0.615. The van der Waals surface area contributed by atoms with Crippen LogP contribution in [0.15, 0.2) is 12.1 Å². The van der Waals surface area contributed by atoms with E-state index >= 15 is 0 Å². The van der Waals surface area contributed by atoms with E-state index in [2.05, 4.69) is 10.3 Å². The number of carbonyl (C=O) groups excluding carboxylic acids is 3. The molecule has 2 aliphatic rings. The highest BCUT2D eigenvalue weighted by molar-refractivity contribution is 5.96. The number of primary amides is 1. The first kappa shape index (κ1) is 16.5. The van der Waals surface area contributed by atoms with Gasteiger partial charge in [-0.25, -0.2) is 0 Å². The molecule has 24 heavy (non-hydrogen) atoms. The van der Waals surface area contributed by atoms with Crippen molar-refractivity contribution in [2.45, 2.75) is 19.3 Å². The highest BCUT2D eigenvalue weighted by Crippen LogP contribution is 2.43. The van der Waals surface area contributed by atoms with Crippen molar-refractivity contribution in [2.75, 3.05) is 26.2 Å². The third kappa shape index (κ3) is 2.89. The van der Waals surface area contributed by atoms with Gasteiger partial charge in [-0.1, -0.05) is 6.42 Å². The van der Waals surface area contributed by atoms with Crippen LogP contribution in [-0.4, -0.2) is 59.0 Å². The predicted octanol–water partition coefficient (Wildman–Crippen LogP) is -0.536. The van der Waals surface area contributed by atoms with E-state index in [9.17, 15) is 19.5 Å². The van der Waals surface area contributed by atoms with Gasteiger partial charge >= 0.3 is 0 Å². The van der Waals surface area contributed by atoms with Gasteiger partial charge in [-0.15, -0.1) is 0 Å². The van der Waals surface area contributed by atoms with Crippen LogP contribution in [0.5, 0.6) is 0 Å². The van der Waals surface area contributed by atoms with Crippen LogP contribution in [0.3, 0.4) is 0 Å². The molecule has 1 aromatic heterocycles. The number of aromatic nitrogens is 1. The third-order valence-electron chi connectivity index (χ3n) is 5.06. The molecule has 0 unspecified atom stereocenters. The average Bonchev–Trinajstić information content (AvgIpc) is 2.94. The number of amides is 3. The zero-order chi connectivity index (χ0) is 17.3. The van der Waals surface area contributed by atoms with Gasteiger partial charge in [-0.05, 0) is 25.0 Å². The van der Waals surface area contributed by atoms with Crippen molar-refractivity contribution in [3.63, 3.8) is 0 Å². The molecule has 1 saturated heterocycles. The van der Waals surface area contributed by atoms with Crippen LogP contribution in [0.4, 0.5) is 0 Å². The van der Waals surface area contributed by atoms with E-state index in [4.69, 9.17) is 5.73 Å². The quantitative estimate of drug-likeness (QED) is 0.557. The van der Waals surface area contributed by atoms with Crippen molar-refractivity contribution in [3.05, 3.63) is 23.5 Å². The molecule has 0 atom stereocenters. The maximum atomic E-state index is 12.4. The number of rotatable bonds is 6. The number of nitrogens with zero attached hydrogens (tertiary/aromatic N) is 1. The highest BCUT2D eigenvalue weighted by atomic mass is 16.3. The molecule has 0 spiro atoms. The van der Waals surface area contributed by atoms with Crippen LogP contribution in [-0.2, 0) is 4.79 Å². The molecule has 8 nitrogen and oxygen atoms in total. The fourth-order valence-corrected chi connectivity index (χ4v) is 3.25. The average molecular weight is 334 g/mol. The molecule has 0 bridgehead atoms. The zero-order valence-corrected chi connectivity index (χ0v) is 13.4. The van der Waals surface area contributed by atoms with Gasteiger partial charge in [-0.3, -0.25) is 14.4 Å². The van der Waals surface area contributed by atoms with Gasteiger partial charge in [0.05, 0.1) is 12.0 Å². The van der Waals surface area contributed by atoms with Crippen LogP contribution < -0.4 is 11.1 Å². The summed E-state index contributed by atoms with van der Waals surface area (Å²) in [7, 11) is 0. The van der Waals surface area contributed by atoms with Crippen LogP contribution in [0, 0.1) is 11.3 Å². The normalized spacial score (nSPS) is 19.3. The molecule has 0 aromatic carbocycles. The first-order chi connectivity index (χ1) is 11.4. The number of likely N-dealkylation sites (tertiary alicyclic amines) is 1. The molecule has 1 aliphatic heterocycles. The van der Waals surface area contributed by atoms with Crippen molar-refractivity contribution >= 4 is 17.7 Å². The Hall–Kier alpha value is -2.35. The topological polar surface area (TPSA) is 129 Å². The van der Waals surface area contributed by atoms with Crippen molar-refractivity contribution in [3.8, 4) is 0 Å². The fraction of sp³-hybridized carbons (Fsp3) is 0.562. The maximum absolute atomic E-state index is 12.4. The Balaban J connectivity index is 1.43. The molecular weight excluding hydrogens is 312 g/mol. The number of hydrogen-bond acceptors (Lipinski definition) is 4. The van der Waals surface area contributed by atoms with E-state index in [-0.39, 0.29) is 35.7 Å². The molecular formula is C16H22N4O4. The minimum absolute atomic E-state index is 0.0364. The molecule has 8 heteroatoms. The summed E-state index contributed by atoms with van der Waals surface area (Å²) in [6.07, 6.45) is 2.51. The largest absolute Gasteiger partial charge is 0.395 e. The van der Waals surface area contributed by atoms with E-state index in [1.54, 1.807) is 4.90 Å². The minimum Gasteiger partial charge on any atom is -0.395 e. The van der Waals surface area contributed by atoms with E-state index in [1.807, 2.05) is 0 Å². The molecule has 1 aliphatic carbocycles. The smallest absolute Gasteiger partial charge is 0.267 e. The molecule has 1 aromatic rings. The molecule has 130 valence electrons. The van der Waals surface area contributed by atoms with Crippen LogP contribution in [0.25, 0.3) is 0 Å². The monoisotopic (exact) mass is 334 g/mol. The second kappa shape index (κ2) is 6.27. The lowest BCUT2D eigenvalue weighted by atomic mass is 9.68. The molecule has 3 rings (SSSR count). The number of aromatic amines is 1. The maximum Gasteiger partial charge on any atom is 0.267 e. The van der Waals surface area contributed by atoms with Gasteiger partial charge < -0.3 is 26.0 Å². The molecule has 2 fully saturated rings. The number of H-pyrrole nitrogens is 1. The molecule has 5 N–H and O–H groups in total. The molecule has 0 radical (unpaired) electrons. The summed E-state index contributed by atoms with van der Waals surface area (Å²) in [5, 5.41) is 12.2. The van der Waals surface area contributed by atoms with E-state index < -0.39 is 11.3 Å². The molecule has 2 heterocycles. The van der Waals surface area contributed by atoms with Crippen LogP contribution >= 0.6 is 0 Å². The molecule has 3 amide bonds. The summed E-state index contributed by atoms with van der Waals surface area (Å²) in [5.41, 5.74) is 5.05. The van der Waals surface area contributed by atoms with Gasteiger partial charge in [0.1, 0.15) is 11.4 Å². The van der Waals surface area contributed by atoms with Gasteiger partial charge in [0.2, 0.25) is 5.91 Å². The van der Waals surface area contributed by atoms with Gasteiger partial charge in [0.25, 0.3) is 11.8 Å². The van der Waals surface area contributed by atoms with Crippen molar-refractivity contribution in [2.24, 2.45) is 17.1 Å². The van der Waals surface area contributed by atoms with Crippen molar-refractivity contribution in [1.82, 2.24) is 15.2 Å². The summed E-state index contributed by atoms with van der Waals surface area (Å²) >= 11 is 0. The standard InChI is InChI=1S/C16H22N4O4/c17-13(22)11-2-3-12(19-11)14(23)18-6-10-7-20(8-10)15(24)16(9-21)4-1-5-16/h2-3,10,19,21H,1,4-9H2,(H2,17,22)(H,18,23). The number of aliphatic hydroxyl groups is 1. The Morgan fingerprint density at radius 3 is 2.46 bits per heavy atom. The first-order valence-corrected chi connectivity index (χ1v) is 8.12. The first-order valence-electron chi connectivity index (χ1n) is 8.12. The number of aliphatic hydroxyl groups excluding tert-OH is 1. The van der Waals surface area contributed by atoms with Crippen LogP contribution in [0.2, 0.25) is 0 Å². The van der Waals surface area contributed by atoms with E-state index in [0.29, 0.717) is 19.6 Å². The summed E-state index contributed by atoms with van der Waals surface area (Å²) in [4.78, 5) is 39.8. The van der Waals surface area contributed by atoms with Gasteiger partial charge in [-0.2, -0.15) is 0 Å². The van der Waals surface area contributed by atoms with E-state index in [0.717, 1.165) is 19.3 Å². The lowest BCUT2D eigenvalue weighted by Crippen LogP contribution is -2.60. The third-order valence-corrected chi connectivity index (χ3v) is 5.06. The Bertz CT molecular complexity index is 653. The number of carbonyl (C=O) groups is 3.